The van der Waals surface area contributed by atoms with Crippen molar-refractivity contribution in [2.45, 2.75) is 0 Å². The van der Waals surface area contributed by atoms with E-state index in [0.29, 0.717) is 19.9 Å². The van der Waals surface area contributed by atoms with Crippen LogP contribution in [-0.4, -0.2) is 49.8 Å². The van der Waals surface area contributed by atoms with E-state index in [0.717, 1.165) is 0 Å². The molecule has 1 aliphatic heterocycles. The van der Waals surface area contributed by atoms with Gasteiger partial charge in [0.05, 0.1) is 6.61 Å². The normalized spacial score (nSPS) is 21.2. The molecule has 0 unspecified atom stereocenters. The zero-order valence-corrected chi connectivity index (χ0v) is 6.33. The van der Waals surface area contributed by atoms with E-state index in [2.05, 4.69) is 0 Å². The summed E-state index contributed by atoms with van der Waals surface area (Å²) in [6.07, 6.45) is 0. The summed E-state index contributed by atoms with van der Waals surface area (Å²) in [5.41, 5.74) is 0. The van der Waals surface area contributed by atoms with Gasteiger partial charge in [-0.1, -0.05) is 0 Å². The Morgan fingerprint density at radius 2 is 2.10 bits per heavy atom. The first kappa shape index (κ1) is 7.34. The second-order valence-corrected chi connectivity index (χ2v) is 2.44. The molecule has 10 heavy (non-hydrogen) atoms. The quantitative estimate of drug-likeness (QED) is 0.478. The monoisotopic (exact) mass is 144 g/mol. The van der Waals surface area contributed by atoms with Gasteiger partial charge in [-0.05, 0) is 0 Å². The first-order valence-corrected chi connectivity index (χ1v) is 3.26. The Hall–Kier alpha value is -0.770. The summed E-state index contributed by atoms with van der Waals surface area (Å²) in [6, 6.07) is 0.0255. The molecule has 0 aromatic rings. The average molecular weight is 144 g/mol. The predicted molar refractivity (Wildman–Crippen MR) is 36.6 cm³/mol. The van der Waals surface area contributed by atoms with Gasteiger partial charge in [0.2, 0.25) is 0 Å². The summed E-state index contributed by atoms with van der Waals surface area (Å²) >= 11 is 0. The van der Waals surface area contributed by atoms with Crippen molar-refractivity contribution in [3.63, 3.8) is 0 Å². The molecule has 0 aromatic carbocycles. The smallest absolute Gasteiger partial charge is 0.321 e. The van der Waals surface area contributed by atoms with Crippen LogP contribution in [-0.2, 0) is 4.74 Å². The van der Waals surface area contributed by atoms with Gasteiger partial charge < -0.3 is 14.5 Å². The molecule has 1 aliphatic rings. The van der Waals surface area contributed by atoms with Crippen molar-refractivity contribution in [3.8, 4) is 0 Å². The van der Waals surface area contributed by atoms with Gasteiger partial charge in [-0.2, -0.15) is 0 Å². The maximum Gasteiger partial charge on any atom is 0.321 e. The van der Waals surface area contributed by atoms with Gasteiger partial charge in [0.1, 0.15) is 6.73 Å². The molecule has 0 atom stereocenters. The minimum Gasteiger partial charge on any atom is -0.359 e. The van der Waals surface area contributed by atoms with Crippen LogP contribution in [0.2, 0.25) is 0 Å². The summed E-state index contributed by atoms with van der Waals surface area (Å²) in [6.45, 7) is 1.72. The molecule has 0 saturated carbocycles. The zero-order chi connectivity index (χ0) is 7.56. The van der Waals surface area contributed by atoms with E-state index in [9.17, 15) is 4.79 Å². The number of amides is 2. The lowest BCUT2D eigenvalue weighted by molar-refractivity contribution is 0.0800. The van der Waals surface area contributed by atoms with Crippen molar-refractivity contribution >= 4 is 6.03 Å². The van der Waals surface area contributed by atoms with Crippen molar-refractivity contribution < 1.29 is 9.53 Å². The Morgan fingerprint density at radius 3 is 2.80 bits per heavy atom. The maximum absolute atomic E-state index is 11.1. The molecule has 58 valence electrons. The highest BCUT2D eigenvalue weighted by atomic mass is 16.5. The largest absolute Gasteiger partial charge is 0.359 e. The lowest BCUT2D eigenvalue weighted by Gasteiger charge is -2.18. The fourth-order valence-electron chi connectivity index (χ4n) is 0.845. The first-order valence-electron chi connectivity index (χ1n) is 3.26. The Bertz CT molecular complexity index is 124. The topological polar surface area (TPSA) is 32.8 Å². The average Bonchev–Trinajstić information content (AvgIpc) is 2.04. The van der Waals surface area contributed by atoms with Crippen LogP contribution in [0.15, 0.2) is 0 Å². The van der Waals surface area contributed by atoms with E-state index in [-0.39, 0.29) is 6.03 Å². The number of hydrogen-bond donors (Lipinski definition) is 0. The standard InChI is InChI=1S/C6H12N2O2/c1-7-3-4-10-5-8(2)6(7)9/h3-5H2,1-2H3. The molecule has 1 saturated heterocycles. The number of urea groups is 1. The van der Waals surface area contributed by atoms with Crippen molar-refractivity contribution in [3.05, 3.63) is 0 Å². The molecule has 0 bridgehead atoms. The number of carbonyl (C=O) groups is 1. The van der Waals surface area contributed by atoms with Crippen LogP contribution >= 0.6 is 0 Å². The molecular formula is C6H12N2O2. The van der Waals surface area contributed by atoms with Gasteiger partial charge in [-0.3, -0.25) is 0 Å². The van der Waals surface area contributed by atoms with E-state index in [1.54, 1.807) is 23.9 Å². The molecule has 2 amide bonds. The molecule has 0 spiro atoms. The SMILES string of the molecule is CN1CCOCN(C)C1=O. The van der Waals surface area contributed by atoms with Crippen LogP contribution in [0.1, 0.15) is 0 Å². The van der Waals surface area contributed by atoms with Crippen LogP contribution < -0.4 is 0 Å². The van der Waals surface area contributed by atoms with Crippen molar-refractivity contribution in [1.29, 1.82) is 0 Å². The van der Waals surface area contributed by atoms with Crippen LogP contribution in [0.5, 0.6) is 0 Å². The Balaban J connectivity index is 2.55. The number of rotatable bonds is 0. The number of nitrogens with zero attached hydrogens (tertiary/aromatic N) is 2. The molecule has 1 rings (SSSR count). The zero-order valence-electron chi connectivity index (χ0n) is 6.33. The van der Waals surface area contributed by atoms with E-state index in [1.807, 2.05) is 0 Å². The third-order valence-electron chi connectivity index (χ3n) is 1.51. The second kappa shape index (κ2) is 2.88. The summed E-state index contributed by atoms with van der Waals surface area (Å²) < 4.78 is 5.11. The molecule has 0 aliphatic carbocycles. The van der Waals surface area contributed by atoms with Crippen LogP contribution in [0.4, 0.5) is 4.79 Å². The fraction of sp³-hybridized carbons (Fsp3) is 0.833. The fourth-order valence-corrected chi connectivity index (χ4v) is 0.845. The minimum atomic E-state index is 0.0255. The van der Waals surface area contributed by atoms with Crippen LogP contribution in [0, 0.1) is 0 Å². The van der Waals surface area contributed by atoms with Gasteiger partial charge in [-0.25, -0.2) is 4.79 Å². The van der Waals surface area contributed by atoms with E-state index < -0.39 is 0 Å². The van der Waals surface area contributed by atoms with E-state index >= 15 is 0 Å². The predicted octanol–water partition coefficient (Wildman–Crippen LogP) is -0.0423. The lowest BCUT2D eigenvalue weighted by Crippen LogP contribution is -2.37. The first-order chi connectivity index (χ1) is 4.72. The van der Waals surface area contributed by atoms with Crippen molar-refractivity contribution in [2.24, 2.45) is 0 Å². The number of carbonyl (C=O) groups excluding carboxylic acids is 1. The Kier molecular flexibility index (Phi) is 2.11. The molecule has 1 heterocycles. The molecule has 0 radical (unpaired) electrons. The van der Waals surface area contributed by atoms with Crippen LogP contribution in [0.25, 0.3) is 0 Å². The minimum absolute atomic E-state index is 0.0255. The van der Waals surface area contributed by atoms with Gasteiger partial charge in [0.25, 0.3) is 0 Å². The molecule has 4 heteroatoms. The summed E-state index contributed by atoms with van der Waals surface area (Å²) in [5.74, 6) is 0. The molecule has 0 N–H and O–H groups in total. The molecule has 4 nitrogen and oxygen atoms in total. The van der Waals surface area contributed by atoms with Crippen molar-refractivity contribution in [2.75, 3.05) is 34.0 Å². The Labute approximate surface area is 60.4 Å². The highest BCUT2D eigenvalue weighted by Gasteiger charge is 2.16. The number of hydrogen-bond acceptors (Lipinski definition) is 2. The van der Waals surface area contributed by atoms with E-state index in [4.69, 9.17) is 4.74 Å². The molecular weight excluding hydrogens is 132 g/mol. The molecule has 1 fully saturated rings. The third-order valence-corrected chi connectivity index (χ3v) is 1.51. The molecule has 0 aromatic heterocycles. The van der Waals surface area contributed by atoms with Gasteiger partial charge >= 0.3 is 6.03 Å². The van der Waals surface area contributed by atoms with Gasteiger partial charge in [-0.15, -0.1) is 0 Å². The van der Waals surface area contributed by atoms with Crippen LogP contribution in [0.3, 0.4) is 0 Å². The summed E-state index contributed by atoms with van der Waals surface area (Å²) in [7, 11) is 3.50. The van der Waals surface area contributed by atoms with Gasteiger partial charge in [0.15, 0.2) is 0 Å². The summed E-state index contributed by atoms with van der Waals surface area (Å²) in [4.78, 5) is 14.3. The Morgan fingerprint density at radius 1 is 1.40 bits per heavy atom. The lowest BCUT2D eigenvalue weighted by atomic mass is 10.6. The number of likely N-dealkylation sites (N-methyl/N-ethyl adjacent to an activating group) is 1. The van der Waals surface area contributed by atoms with E-state index in [1.165, 1.54) is 0 Å². The third kappa shape index (κ3) is 1.39. The summed E-state index contributed by atoms with van der Waals surface area (Å²) in [5, 5.41) is 0. The number of ether oxygens (including phenoxy) is 1. The highest BCUT2D eigenvalue weighted by molar-refractivity contribution is 5.73. The van der Waals surface area contributed by atoms with Crippen molar-refractivity contribution in [1.82, 2.24) is 9.80 Å². The maximum atomic E-state index is 11.1. The second-order valence-electron chi connectivity index (χ2n) is 2.44. The van der Waals surface area contributed by atoms with Gasteiger partial charge in [0, 0.05) is 20.6 Å². The highest BCUT2D eigenvalue weighted by Crippen LogP contribution is 1.98.